The van der Waals surface area contributed by atoms with Crippen molar-refractivity contribution in [3.63, 3.8) is 0 Å². The molecule has 0 aliphatic carbocycles. The van der Waals surface area contributed by atoms with Crippen LogP contribution in [0.4, 0.5) is 0 Å². The normalized spacial score (nSPS) is 10.1. The standard InChI is InChI=1S/C11H12IO2Si/c1-8-3-4-9(10(12)7-8)11(13)14-5-2-6-15/h3-4,7H,2,5-6H2,1H3. The number of carbonyl (C=O) groups excluding carboxylic acids is 1. The lowest BCUT2D eigenvalue weighted by Gasteiger charge is -2.06. The number of hydrogen-bond donors (Lipinski definition) is 0. The number of esters is 1. The summed E-state index contributed by atoms with van der Waals surface area (Å²) in [6.07, 6.45) is 0.838. The number of hydrogen-bond acceptors (Lipinski definition) is 2. The molecule has 3 radical (unpaired) electrons. The number of rotatable bonds is 4. The van der Waals surface area contributed by atoms with E-state index in [4.69, 9.17) is 4.74 Å². The first-order chi connectivity index (χ1) is 7.15. The molecule has 0 heterocycles. The monoisotopic (exact) mass is 331 g/mol. The van der Waals surface area contributed by atoms with Crippen molar-refractivity contribution in [2.75, 3.05) is 6.61 Å². The van der Waals surface area contributed by atoms with E-state index in [1.165, 1.54) is 0 Å². The maximum absolute atomic E-state index is 11.6. The second-order valence-corrected chi connectivity index (χ2v) is 4.88. The van der Waals surface area contributed by atoms with Crippen molar-refractivity contribution in [3.05, 3.63) is 32.9 Å². The fraction of sp³-hybridized carbons (Fsp3) is 0.364. The highest BCUT2D eigenvalue weighted by Crippen LogP contribution is 2.15. The fourth-order valence-corrected chi connectivity index (χ4v) is 2.14. The van der Waals surface area contributed by atoms with Gasteiger partial charge in [-0.3, -0.25) is 0 Å². The van der Waals surface area contributed by atoms with Crippen LogP contribution >= 0.6 is 22.6 Å². The fourth-order valence-electron chi connectivity index (χ4n) is 1.10. The van der Waals surface area contributed by atoms with Crippen molar-refractivity contribution in [3.8, 4) is 0 Å². The summed E-state index contributed by atoms with van der Waals surface area (Å²) in [6, 6.07) is 6.55. The highest BCUT2D eigenvalue weighted by molar-refractivity contribution is 14.1. The Balaban J connectivity index is 2.65. The molecule has 0 amide bonds. The van der Waals surface area contributed by atoms with Crippen LogP contribution in [0.15, 0.2) is 18.2 Å². The molecule has 0 fully saturated rings. The van der Waals surface area contributed by atoms with Crippen LogP contribution in [0.5, 0.6) is 0 Å². The third-order valence-electron chi connectivity index (χ3n) is 1.90. The Bertz CT molecular complexity index is 352. The molecule has 1 aromatic carbocycles. The summed E-state index contributed by atoms with van der Waals surface area (Å²) >= 11 is 2.15. The van der Waals surface area contributed by atoms with Gasteiger partial charge in [0.1, 0.15) is 0 Å². The molecule has 2 nitrogen and oxygen atoms in total. The molecular formula is C11H12IO2Si. The molecule has 1 rings (SSSR count). The molecule has 79 valence electrons. The van der Waals surface area contributed by atoms with E-state index in [9.17, 15) is 4.79 Å². The Kier molecular flexibility index (Phi) is 5.31. The van der Waals surface area contributed by atoms with E-state index in [1.54, 1.807) is 0 Å². The molecule has 1 aromatic rings. The van der Waals surface area contributed by atoms with E-state index in [0.29, 0.717) is 12.2 Å². The summed E-state index contributed by atoms with van der Waals surface area (Å²) in [5, 5.41) is 0. The Morgan fingerprint density at radius 3 is 2.87 bits per heavy atom. The summed E-state index contributed by atoms with van der Waals surface area (Å²) < 4.78 is 6.06. The van der Waals surface area contributed by atoms with Gasteiger partial charge in [-0.2, -0.15) is 0 Å². The second-order valence-electron chi connectivity index (χ2n) is 3.22. The Labute approximate surface area is 107 Å². The van der Waals surface area contributed by atoms with Crippen LogP contribution in [0, 0.1) is 10.5 Å². The van der Waals surface area contributed by atoms with E-state index in [0.717, 1.165) is 21.6 Å². The predicted octanol–water partition coefficient (Wildman–Crippen LogP) is 2.73. The SMILES string of the molecule is Cc1ccc(C(=O)OCCC[Si])c(I)c1. The van der Waals surface area contributed by atoms with Gasteiger partial charge in [-0.05, 0) is 48.1 Å². The van der Waals surface area contributed by atoms with E-state index in [1.807, 2.05) is 25.1 Å². The number of halogens is 1. The Morgan fingerprint density at radius 2 is 2.27 bits per heavy atom. The molecule has 0 spiro atoms. The minimum Gasteiger partial charge on any atom is -0.462 e. The first kappa shape index (κ1) is 12.7. The van der Waals surface area contributed by atoms with Crippen LogP contribution < -0.4 is 0 Å². The van der Waals surface area contributed by atoms with Crippen LogP contribution in [-0.4, -0.2) is 22.8 Å². The zero-order valence-corrected chi connectivity index (χ0v) is 11.7. The van der Waals surface area contributed by atoms with Gasteiger partial charge in [0, 0.05) is 13.8 Å². The number of ether oxygens (including phenoxy) is 1. The first-order valence-electron chi connectivity index (χ1n) is 4.73. The van der Waals surface area contributed by atoms with Crippen molar-refractivity contribution in [2.24, 2.45) is 0 Å². The smallest absolute Gasteiger partial charge is 0.339 e. The van der Waals surface area contributed by atoms with E-state index < -0.39 is 0 Å². The number of benzene rings is 1. The van der Waals surface area contributed by atoms with Gasteiger partial charge in [-0.15, -0.1) is 0 Å². The van der Waals surface area contributed by atoms with Gasteiger partial charge in [0.25, 0.3) is 0 Å². The van der Waals surface area contributed by atoms with Crippen molar-refractivity contribution >= 4 is 38.8 Å². The highest BCUT2D eigenvalue weighted by Gasteiger charge is 2.10. The largest absolute Gasteiger partial charge is 0.462 e. The zero-order chi connectivity index (χ0) is 11.3. The molecular weight excluding hydrogens is 319 g/mol. The van der Waals surface area contributed by atoms with Crippen LogP contribution in [-0.2, 0) is 4.74 Å². The summed E-state index contributed by atoms with van der Waals surface area (Å²) in [6.45, 7) is 2.47. The number of aryl methyl sites for hydroxylation is 1. The lowest BCUT2D eigenvalue weighted by Crippen LogP contribution is -2.08. The molecule has 0 unspecified atom stereocenters. The topological polar surface area (TPSA) is 26.3 Å². The summed E-state index contributed by atoms with van der Waals surface area (Å²) in [4.78, 5) is 11.6. The van der Waals surface area contributed by atoms with Gasteiger partial charge < -0.3 is 4.74 Å². The van der Waals surface area contributed by atoms with Crippen LogP contribution in [0.3, 0.4) is 0 Å². The van der Waals surface area contributed by atoms with Gasteiger partial charge in [0.2, 0.25) is 0 Å². The van der Waals surface area contributed by atoms with Gasteiger partial charge in [0.05, 0.1) is 12.2 Å². The predicted molar refractivity (Wildman–Crippen MR) is 69.4 cm³/mol. The Hall–Kier alpha value is -0.363. The molecule has 0 N–H and O–H groups in total. The molecule has 0 aromatic heterocycles. The third kappa shape index (κ3) is 3.94. The van der Waals surface area contributed by atoms with Crippen molar-refractivity contribution in [1.29, 1.82) is 0 Å². The molecule has 4 heteroatoms. The van der Waals surface area contributed by atoms with Crippen molar-refractivity contribution < 1.29 is 9.53 Å². The maximum Gasteiger partial charge on any atom is 0.339 e. The molecule has 0 atom stereocenters. The van der Waals surface area contributed by atoms with E-state index >= 15 is 0 Å². The van der Waals surface area contributed by atoms with Gasteiger partial charge in [-0.25, -0.2) is 4.79 Å². The van der Waals surface area contributed by atoms with Gasteiger partial charge in [0.15, 0.2) is 0 Å². The third-order valence-corrected chi connectivity index (χ3v) is 3.14. The zero-order valence-electron chi connectivity index (χ0n) is 8.55. The minimum absolute atomic E-state index is 0.237. The summed E-state index contributed by atoms with van der Waals surface area (Å²) in [7, 11) is 3.33. The molecule has 0 aliphatic rings. The molecule has 0 aliphatic heterocycles. The molecule has 0 bridgehead atoms. The van der Waals surface area contributed by atoms with Gasteiger partial charge >= 0.3 is 5.97 Å². The quantitative estimate of drug-likeness (QED) is 0.367. The van der Waals surface area contributed by atoms with Crippen molar-refractivity contribution in [2.45, 2.75) is 19.4 Å². The minimum atomic E-state index is -0.237. The maximum atomic E-state index is 11.6. The average molecular weight is 331 g/mol. The number of carbonyl (C=O) groups is 1. The molecule has 0 saturated heterocycles. The average Bonchev–Trinajstić information content (AvgIpc) is 2.17. The molecule has 0 saturated carbocycles. The highest BCUT2D eigenvalue weighted by atomic mass is 127. The van der Waals surface area contributed by atoms with E-state index in [2.05, 4.69) is 32.8 Å². The molecule has 15 heavy (non-hydrogen) atoms. The van der Waals surface area contributed by atoms with Crippen LogP contribution in [0.1, 0.15) is 22.3 Å². The van der Waals surface area contributed by atoms with E-state index in [-0.39, 0.29) is 5.97 Å². The van der Waals surface area contributed by atoms with Crippen LogP contribution in [0.25, 0.3) is 0 Å². The lowest BCUT2D eigenvalue weighted by molar-refractivity contribution is 0.0504. The lowest BCUT2D eigenvalue weighted by atomic mass is 10.1. The van der Waals surface area contributed by atoms with Crippen molar-refractivity contribution in [1.82, 2.24) is 0 Å². The first-order valence-corrected chi connectivity index (χ1v) is 6.51. The summed E-state index contributed by atoms with van der Waals surface area (Å²) in [5.74, 6) is -0.237. The second kappa shape index (κ2) is 6.27. The Morgan fingerprint density at radius 1 is 1.53 bits per heavy atom. The van der Waals surface area contributed by atoms with Crippen LogP contribution in [0.2, 0.25) is 6.04 Å². The summed E-state index contributed by atoms with van der Waals surface area (Å²) in [5.41, 5.74) is 1.80. The van der Waals surface area contributed by atoms with Gasteiger partial charge in [-0.1, -0.05) is 17.7 Å².